The standard InChI is InChI=1S/C20H23ClN2O3/c1-13(2)10-18(20(25)26)22-12-14-6-5-7-15(11-14)23-19(24)16-8-3-4-9-17(16)21/h3-9,11,13,18,22H,10,12H2,1-2H3,(H,23,24)(H,25,26)/t18-/m0/s1. The Balaban J connectivity index is 2.02. The first kappa shape index (κ1) is 19.9. The Labute approximate surface area is 158 Å². The molecule has 0 heterocycles. The maximum absolute atomic E-state index is 12.3. The maximum Gasteiger partial charge on any atom is 0.320 e. The molecule has 6 heteroatoms. The molecule has 0 saturated carbocycles. The predicted octanol–water partition coefficient (Wildman–Crippen LogP) is 4.18. The fourth-order valence-corrected chi connectivity index (χ4v) is 2.81. The number of hydrogen-bond acceptors (Lipinski definition) is 3. The van der Waals surface area contributed by atoms with E-state index in [1.54, 1.807) is 30.3 Å². The SMILES string of the molecule is CC(C)C[C@H](NCc1cccc(NC(=O)c2ccccc2Cl)c1)C(=O)O. The van der Waals surface area contributed by atoms with Gasteiger partial charge in [0.05, 0.1) is 10.6 Å². The zero-order valence-electron chi connectivity index (χ0n) is 14.8. The van der Waals surface area contributed by atoms with E-state index in [0.29, 0.717) is 29.2 Å². The van der Waals surface area contributed by atoms with E-state index in [9.17, 15) is 14.7 Å². The van der Waals surface area contributed by atoms with Crippen molar-refractivity contribution >= 4 is 29.2 Å². The largest absolute Gasteiger partial charge is 0.480 e. The Morgan fingerprint density at radius 3 is 2.50 bits per heavy atom. The molecule has 0 saturated heterocycles. The lowest BCUT2D eigenvalue weighted by Crippen LogP contribution is -2.37. The van der Waals surface area contributed by atoms with Crippen LogP contribution < -0.4 is 10.6 Å². The van der Waals surface area contributed by atoms with Gasteiger partial charge in [0.2, 0.25) is 0 Å². The molecule has 0 spiro atoms. The summed E-state index contributed by atoms with van der Waals surface area (Å²) in [5, 5.41) is 15.6. The topological polar surface area (TPSA) is 78.4 Å². The number of amides is 1. The van der Waals surface area contributed by atoms with E-state index >= 15 is 0 Å². The van der Waals surface area contributed by atoms with Gasteiger partial charge in [-0.05, 0) is 42.2 Å². The number of nitrogens with one attached hydrogen (secondary N) is 2. The molecule has 26 heavy (non-hydrogen) atoms. The van der Waals surface area contributed by atoms with Crippen LogP contribution in [0, 0.1) is 5.92 Å². The van der Waals surface area contributed by atoms with Crippen LogP contribution in [0.5, 0.6) is 0 Å². The zero-order valence-corrected chi connectivity index (χ0v) is 15.6. The first-order valence-corrected chi connectivity index (χ1v) is 8.85. The Kier molecular flexibility index (Phi) is 7.18. The van der Waals surface area contributed by atoms with Gasteiger partial charge in [0.15, 0.2) is 0 Å². The summed E-state index contributed by atoms with van der Waals surface area (Å²) in [7, 11) is 0. The molecule has 0 aliphatic rings. The molecular formula is C20H23ClN2O3. The van der Waals surface area contributed by atoms with Crippen molar-refractivity contribution in [3.05, 3.63) is 64.7 Å². The molecule has 2 aromatic carbocycles. The van der Waals surface area contributed by atoms with Crippen LogP contribution in [0.15, 0.2) is 48.5 Å². The average molecular weight is 375 g/mol. The Morgan fingerprint density at radius 2 is 1.85 bits per heavy atom. The summed E-state index contributed by atoms with van der Waals surface area (Å²) < 4.78 is 0. The van der Waals surface area contributed by atoms with Crippen molar-refractivity contribution in [1.29, 1.82) is 0 Å². The van der Waals surface area contributed by atoms with Crippen molar-refractivity contribution in [1.82, 2.24) is 5.32 Å². The van der Waals surface area contributed by atoms with E-state index in [1.165, 1.54) is 0 Å². The van der Waals surface area contributed by atoms with Crippen molar-refractivity contribution in [3.8, 4) is 0 Å². The lowest BCUT2D eigenvalue weighted by atomic mass is 10.0. The van der Waals surface area contributed by atoms with Crippen molar-refractivity contribution in [2.75, 3.05) is 5.32 Å². The van der Waals surface area contributed by atoms with Crippen LogP contribution >= 0.6 is 11.6 Å². The van der Waals surface area contributed by atoms with Crippen molar-refractivity contribution in [2.45, 2.75) is 32.9 Å². The third-order valence-electron chi connectivity index (χ3n) is 3.86. The normalized spacial score (nSPS) is 12.0. The highest BCUT2D eigenvalue weighted by Crippen LogP contribution is 2.18. The van der Waals surface area contributed by atoms with Gasteiger partial charge in [-0.15, -0.1) is 0 Å². The number of rotatable bonds is 8. The monoisotopic (exact) mass is 374 g/mol. The molecule has 3 N–H and O–H groups in total. The fraction of sp³-hybridized carbons (Fsp3) is 0.300. The highest BCUT2D eigenvalue weighted by molar-refractivity contribution is 6.34. The summed E-state index contributed by atoms with van der Waals surface area (Å²) in [6.07, 6.45) is 0.554. The number of anilines is 1. The molecule has 0 aliphatic carbocycles. The van der Waals surface area contributed by atoms with E-state index in [0.717, 1.165) is 5.56 Å². The second kappa shape index (κ2) is 9.36. The van der Waals surface area contributed by atoms with Gasteiger partial charge >= 0.3 is 5.97 Å². The quantitative estimate of drug-likeness (QED) is 0.647. The van der Waals surface area contributed by atoms with E-state index < -0.39 is 12.0 Å². The van der Waals surface area contributed by atoms with Crippen LogP contribution in [0.25, 0.3) is 0 Å². The highest BCUT2D eigenvalue weighted by Gasteiger charge is 2.18. The lowest BCUT2D eigenvalue weighted by Gasteiger charge is -2.17. The van der Waals surface area contributed by atoms with Gasteiger partial charge in [0, 0.05) is 12.2 Å². The first-order valence-electron chi connectivity index (χ1n) is 8.48. The second-order valence-electron chi connectivity index (χ2n) is 6.54. The van der Waals surface area contributed by atoms with E-state index in [1.807, 2.05) is 32.0 Å². The third-order valence-corrected chi connectivity index (χ3v) is 4.19. The molecule has 0 fully saturated rings. The number of carbonyl (C=O) groups is 2. The summed E-state index contributed by atoms with van der Waals surface area (Å²) in [6, 6.07) is 13.5. The first-order chi connectivity index (χ1) is 12.4. The highest BCUT2D eigenvalue weighted by atomic mass is 35.5. The molecule has 0 aliphatic heterocycles. The maximum atomic E-state index is 12.3. The van der Waals surface area contributed by atoms with E-state index in [4.69, 9.17) is 11.6 Å². The summed E-state index contributed by atoms with van der Waals surface area (Å²) in [4.78, 5) is 23.7. The number of carbonyl (C=O) groups excluding carboxylic acids is 1. The summed E-state index contributed by atoms with van der Waals surface area (Å²) in [5.41, 5.74) is 1.92. The van der Waals surface area contributed by atoms with E-state index in [-0.39, 0.29) is 11.8 Å². The van der Waals surface area contributed by atoms with Gasteiger partial charge in [-0.2, -0.15) is 0 Å². The van der Waals surface area contributed by atoms with Crippen LogP contribution in [0.4, 0.5) is 5.69 Å². The summed E-state index contributed by atoms with van der Waals surface area (Å²) >= 11 is 6.05. The van der Waals surface area contributed by atoms with Gasteiger partial charge < -0.3 is 15.7 Å². The van der Waals surface area contributed by atoms with Crippen LogP contribution in [-0.2, 0) is 11.3 Å². The molecule has 1 atom stereocenters. The van der Waals surface area contributed by atoms with Gasteiger partial charge in [-0.25, -0.2) is 0 Å². The summed E-state index contributed by atoms with van der Waals surface area (Å²) in [6.45, 7) is 4.38. The molecule has 5 nitrogen and oxygen atoms in total. The van der Waals surface area contributed by atoms with Crippen LogP contribution in [0.3, 0.4) is 0 Å². The molecule has 0 unspecified atom stereocenters. The Bertz CT molecular complexity index is 777. The number of carboxylic acid groups (broad SMARTS) is 1. The van der Waals surface area contributed by atoms with Gasteiger partial charge in [-0.3, -0.25) is 9.59 Å². The third kappa shape index (κ3) is 5.86. The Morgan fingerprint density at radius 1 is 1.12 bits per heavy atom. The number of benzene rings is 2. The van der Waals surface area contributed by atoms with Crippen LogP contribution in [0.2, 0.25) is 5.02 Å². The molecule has 1 amide bonds. The predicted molar refractivity (Wildman–Crippen MR) is 104 cm³/mol. The van der Waals surface area contributed by atoms with Crippen molar-refractivity contribution in [2.24, 2.45) is 5.92 Å². The fourth-order valence-electron chi connectivity index (χ4n) is 2.59. The Hall–Kier alpha value is -2.37. The average Bonchev–Trinajstić information content (AvgIpc) is 2.58. The molecule has 0 aromatic heterocycles. The van der Waals surface area contributed by atoms with Crippen molar-refractivity contribution in [3.63, 3.8) is 0 Å². The van der Waals surface area contributed by atoms with Crippen LogP contribution in [-0.4, -0.2) is 23.0 Å². The molecule has 0 radical (unpaired) electrons. The van der Waals surface area contributed by atoms with Crippen LogP contribution in [0.1, 0.15) is 36.2 Å². The zero-order chi connectivity index (χ0) is 19.1. The minimum atomic E-state index is -0.859. The second-order valence-corrected chi connectivity index (χ2v) is 6.94. The minimum Gasteiger partial charge on any atom is -0.480 e. The smallest absolute Gasteiger partial charge is 0.320 e. The number of carboxylic acids is 1. The number of hydrogen-bond donors (Lipinski definition) is 3. The molecule has 2 aromatic rings. The van der Waals surface area contributed by atoms with Gasteiger partial charge in [0.25, 0.3) is 5.91 Å². The molecule has 138 valence electrons. The number of aliphatic carboxylic acids is 1. The minimum absolute atomic E-state index is 0.282. The number of halogens is 1. The van der Waals surface area contributed by atoms with Crippen molar-refractivity contribution < 1.29 is 14.7 Å². The lowest BCUT2D eigenvalue weighted by molar-refractivity contribution is -0.140. The van der Waals surface area contributed by atoms with Gasteiger partial charge in [-0.1, -0.05) is 49.7 Å². The molecular weight excluding hydrogens is 352 g/mol. The van der Waals surface area contributed by atoms with E-state index in [2.05, 4.69) is 10.6 Å². The summed E-state index contributed by atoms with van der Waals surface area (Å²) in [5.74, 6) is -0.865. The molecule has 2 rings (SSSR count). The van der Waals surface area contributed by atoms with Gasteiger partial charge in [0.1, 0.15) is 6.04 Å². The molecule has 0 bridgehead atoms.